The highest BCUT2D eigenvalue weighted by Crippen LogP contribution is 2.33. The fraction of sp³-hybridized carbons (Fsp3) is 0.429. The molecule has 0 bridgehead atoms. The minimum atomic E-state index is -4.52. The molecule has 0 aromatic heterocycles. The number of hydrogen-bond donors (Lipinski definition) is 1. The number of alkyl halides is 3. The lowest BCUT2D eigenvalue weighted by Crippen LogP contribution is -2.54. The molecule has 0 spiro atoms. The summed E-state index contributed by atoms with van der Waals surface area (Å²) in [5.41, 5.74) is -1.95. The lowest BCUT2D eigenvalue weighted by molar-refractivity contribution is -0.151. The predicted octanol–water partition coefficient (Wildman–Crippen LogP) is 2.30. The van der Waals surface area contributed by atoms with E-state index in [4.69, 9.17) is 9.84 Å². The number of aliphatic carboxylic acids is 1. The van der Waals surface area contributed by atoms with E-state index in [2.05, 4.69) is 0 Å². The second-order valence-electron chi connectivity index (χ2n) is 5.34. The van der Waals surface area contributed by atoms with Crippen LogP contribution < -0.4 is 4.90 Å². The highest BCUT2D eigenvalue weighted by Gasteiger charge is 2.39. The molecule has 120 valence electrons. The maximum Gasteiger partial charge on any atom is 0.416 e. The minimum absolute atomic E-state index is 0.0692. The van der Waals surface area contributed by atoms with Gasteiger partial charge in [0, 0.05) is 5.69 Å². The zero-order valence-corrected chi connectivity index (χ0v) is 11.7. The van der Waals surface area contributed by atoms with Gasteiger partial charge in [-0.1, -0.05) is 6.07 Å². The topological polar surface area (TPSA) is 66.8 Å². The number of amides is 1. The Labute approximate surface area is 124 Å². The zero-order chi connectivity index (χ0) is 16.5. The fourth-order valence-electron chi connectivity index (χ4n) is 2.29. The third kappa shape index (κ3) is 3.56. The van der Waals surface area contributed by atoms with Gasteiger partial charge in [-0.3, -0.25) is 9.59 Å². The summed E-state index contributed by atoms with van der Waals surface area (Å²) >= 11 is 0. The first kappa shape index (κ1) is 16.3. The Kier molecular flexibility index (Phi) is 4.15. The molecule has 1 fully saturated rings. The van der Waals surface area contributed by atoms with E-state index in [0.29, 0.717) is 0 Å². The van der Waals surface area contributed by atoms with E-state index in [1.807, 2.05) is 0 Å². The van der Waals surface area contributed by atoms with Gasteiger partial charge in [0.05, 0.1) is 24.1 Å². The zero-order valence-electron chi connectivity index (χ0n) is 11.7. The third-order valence-corrected chi connectivity index (χ3v) is 3.35. The van der Waals surface area contributed by atoms with Gasteiger partial charge in [-0.25, -0.2) is 0 Å². The highest BCUT2D eigenvalue weighted by molar-refractivity contribution is 5.95. The molecule has 1 aromatic rings. The molecular formula is C14H14F3NO4. The number of morpholine rings is 1. The van der Waals surface area contributed by atoms with Gasteiger partial charge in [0.25, 0.3) is 5.91 Å². The molecule has 8 heteroatoms. The van der Waals surface area contributed by atoms with E-state index >= 15 is 0 Å². The van der Waals surface area contributed by atoms with Gasteiger partial charge >= 0.3 is 12.1 Å². The smallest absolute Gasteiger partial charge is 0.416 e. The Morgan fingerprint density at radius 1 is 1.45 bits per heavy atom. The number of carboxylic acids is 1. The molecule has 0 radical (unpaired) electrons. The van der Waals surface area contributed by atoms with Gasteiger partial charge in [-0.15, -0.1) is 0 Å². The van der Waals surface area contributed by atoms with Crippen molar-refractivity contribution in [3.63, 3.8) is 0 Å². The van der Waals surface area contributed by atoms with Crippen LogP contribution in [0.2, 0.25) is 0 Å². The van der Waals surface area contributed by atoms with Crippen LogP contribution in [0.4, 0.5) is 18.9 Å². The Morgan fingerprint density at radius 2 is 2.14 bits per heavy atom. The number of anilines is 1. The minimum Gasteiger partial charge on any atom is -0.481 e. The van der Waals surface area contributed by atoms with Crippen molar-refractivity contribution in [3.8, 4) is 0 Å². The molecule has 1 aliphatic heterocycles. The van der Waals surface area contributed by atoms with Crippen molar-refractivity contribution < 1.29 is 32.6 Å². The summed E-state index contributed by atoms with van der Waals surface area (Å²) < 4.78 is 43.5. The number of carboxylic acid groups (broad SMARTS) is 1. The quantitative estimate of drug-likeness (QED) is 0.929. The number of carbonyl (C=O) groups excluding carboxylic acids is 1. The van der Waals surface area contributed by atoms with Gasteiger partial charge in [-0.05, 0) is 25.1 Å². The van der Waals surface area contributed by atoms with Crippen molar-refractivity contribution in [2.75, 3.05) is 18.1 Å². The van der Waals surface area contributed by atoms with E-state index < -0.39 is 29.2 Å². The van der Waals surface area contributed by atoms with Gasteiger partial charge in [0.1, 0.15) is 6.61 Å². The molecule has 22 heavy (non-hydrogen) atoms. The normalized spacial score (nSPS) is 22.7. The lowest BCUT2D eigenvalue weighted by atomic mass is 9.99. The second kappa shape index (κ2) is 5.60. The molecule has 5 nitrogen and oxygen atoms in total. The first-order chi connectivity index (χ1) is 10.1. The van der Waals surface area contributed by atoms with Gasteiger partial charge in [0.15, 0.2) is 0 Å². The van der Waals surface area contributed by atoms with E-state index in [9.17, 15) is 22.8 Å². The Balaban J connectivity index is 2.30. The van der Waals surface area contributed by atoms with Crippen LogP contribution >= 0.6 is 0 Å². The summed E-state index contributed by atoms with van der Waals surface area (Å²) in [5.74, 6) is -1.62. The van der Waals surface area contributed by atoms with Crippen molar-refractivity contribution in [2.45, 2.75) is 25.1 Å². The van der Waals surface area contributed by atoms with Crippen LogP contribution in [0.25, 0.3) is 0 Å². The Bertz CT molecular complexity index is 602. The molecule has 1 aromatic carbocycles. The van der Waals surface area contributed by atoms with Crippen LogP contribution in [0.1, 0.15) is 18.9 Å². The van der Waals surface area contributed by atoms with Gasteiger partial charge in [-0.2, -0.15) is 13.2 Å². The molecule has 2 rings (SSSR count). The van der Waals surface area contributed by atoms with Crippen molar-refractivity contribution >= 4 is 17.6 Å². The molecule has 1 aliphatic rings. The van der Waals surface area contributed by atoms with Crippen molar-refractivity contribution in [1.82, 2.24) is 0 Å². The predicted molar refractivity (Wildman–Crippen MR) is 70.4 cm³/mol. The molecule has 1 N–H and O–H groups in total. The molecular weight excluding hydrogens is 303 g/mol. The largest absolute Gasteiger partial charge is 0.481 e. The number of halogens is 3. The monoisotopic (exact) mass is 317 g/mol. The fourth-order valence-corrected chi connectivity index (χ4v) is 2.29. The first-order valence-electron chi connectivity index (χ1n) is 6.44. The first-order valence-corrected chi connectivity index (χ1v) is 6.44. The number of ether oxygens (including phenoxy) is 1. The molecule has 1 atom stereocenters. The number of carbonyl (C=O) groups is 2. The summed E-state index contributed by atoms with van der Waals surface area (Å²) in [6.45, 7) is 1.01. The Morgan fingerprint density at radius 3 is 2.73 bits per heavy atom. The summed E-state index contributed by atoms with van der Waals surface area (Å²) in [7, 11) is 0. The van der Waals surface area contributed by atoms with Gasteiger partial charge in [0.2, 0.25) is 0 Å². The number of hydrogen-bond acceptors (Lipinski definition) is 3. The number of benzene rings is 1. The van der Waals surface area contributed by atoms with E-state index in [-0.39, 0.29) is 25.3 Å². The SMILES string of the molecule is CC1(CC(=O)O)CN(c2cccc(C(F)(F)F)c2)C(=O)CO1. The number of rotatable bonds is 3. The van der Waals surface area contributed by atoms with Crippen LogP contribution in [0, 0.1) is 0 Å². The van der Waals surface area contributed by atoms with E-state index in [1.165, 1.54) is 19.1 Å². The van der Waals surface area contributed by atoms with Crippen molar-refractivity contribution in [3.05, 3.63) is 29.8 Å². The van der Waals surface area contributed by atoms with E-state index in [1.54, 1.807) is 0 Å². The highest BCUT2D eigenvalue weighted by atomic mass is 19.4. The van der Waals surface area contributed by atoms with Crippen LogP contribution in [0.5, 0.6) is 0 Å². The summed E-state index contributed by atoms with van der Waals surface area (Å²) in [4.78, 5) is 23.9. The van der Waals surface area contributed by atoms with Crippen molar-refractivity contribution in [2.24, 2.45) is 0 Å². The average molecular weight is 317 g/mol. The maximum atomic E-state index is 12.8. The third-order valence-electron chi connectivity index (χ3n) is 3.35. The van der Waals surface area contributed by atoms with E-state index in [0.717, 1.165) is 17.0 Å². The van der Waals surface area contributed by atoms with Crippen LogP contribution in [-0.4, -0.2) is 35.7 Å². The average Bonchev–Trinajstić information content (AvgIpc) is 2.40. The number of nitrogens with zero attached hydrogens (tertiary/aromatic N) is 1. The molecule has 1 saturated heterocycles. The molecule has 1 unspecified atom stereocenters. The van der Waals surface area contributed by atoms with Crippen LogP contribution in [-0.2, 0) is 20.5 Å². The molecule has 0 saturated carbocycles. The van der Waals surface area contributed by atoms with Crippen molar-refractivity contribution in [1.29, 1.82) is 0 Å². The molecule has 1 amide bonds. The Hall–Kier alpha value is -2.09. The van der Waals surface area contributed by atoms with Crippen LogP contribution in [0.15, 0.2) is 24.3 Å². The van der Waals surface area contributed by atoms with Gasteiger partial charge < -0.3 is 14.7 Å². The molecule has 1 heterocycles. The maximum absolute atomic E-state index is 12.8. The summed E-state index contributed by atoms with van der Waals surface area (Å²) in [6, 6.07) is 4.35. The standard InChI is InChI=1S/C14H14F3NO4/c1-13(6-12(20)21)8-18(11(19)7-22-13)10-4-2-3-9(5-10)14(15,16)17/h2-5H,6-8H2,1H3,(H,20,21). The summed E-state index contributed by atoms with van der Waals surface area (Å²) in [6.07, 6.45) is -4.87. The molecule has 0 aliphatic carbocycles. The summed E-state index contributed by atoms with van der Waals surface area (Å²) in [5, 5.41) is 8.87. The lowest BCUT2D eigenvalue weighted by Gasteiger charge is -2.39. The van der Waals surface area contributed by atoms with Crippen LogP contribution in [0.3, 0.4) is 0 Å². The second-order valence-corrected chi connectivity index (χ2v) is 5.34.